The molecule has 0 N–H and O–H groups in total. The summed E-state index contributed by atoms with van der Waals surface area (Å²) >= 11 is 0. The van der Waals surface area contributed by atoms with Crippen LogP contribution in [0.25, 0.3) is 0 Å². The van der Waals surface area contributed by atoms with Gasteiger partial charge in [-0.25, -0.2) is 4.57 Å². The molecule has 0 saturated heterocycles. The number of aromatic nitrogens is 1. The van der Waals surface area contributed by atoms with Gasteiger partial charge in [0.2, 0.25) is 0 Å². The van der Waals surface area contributed by atoms with Crippen molar-refractivity contribution in [3.8, 4) is 5.75 Å². The van der Waals surface area contributed by atoms with E-state index in [9.17, 15) is 0 Å². The van der Waals surface area contributed by atoms with Crippen molar-refractivity contribution in [3.63, 3.8) is 0 Å². The van der Waals surface area contributed by atoms with Crippen LogP contribution >= 0.6 is 0 Å². The van der Waals surface area contributed by atoms with Gasteiger partial charge in [-0.2, -0.15) is 0 Å². The standard InChI is InChI=1S/C13H14NO.HI/c1-14-9-7-13(8-10-14)15-11-12-5-3-2-4-6-12;/h2-10H,11H2,1H3;1H/q+1;/p-1. The van der Waals surface area contributed by atoms with Gasteiger partial charge in [-0.15, -0.1) is 0 Å². The highest BCUT2D eigenvalue weighted by Gasteiger charge is 1.97. The Labute approximate surface area is 113 Å². The average molecular weight is 327 g/mol. The quantitative estimate of drug-likeness (QED) is 0.526. The van der Waals surface area contributed by atoms with Gasteiger partial charge in [0, 0.05) is 12.1 Å². The summed E-state index contributed by atoms with van der Waals surface area (Å²) in [6.45, 7) is 0.620. The molecular weight excluding hydrogens is 313 g/mol. The Morgan fingerprint density at radius 3 is 2.25 bits per heavy atom. The maximum atomic E-state index is 5.63. The molecular formula is C13H14INO. The zero-order valence-electron chi connectivity index (χ0n) is 9.14. The first kappa shape index (κ1) is 13.0. The summed E-state index contributed by atoms with van der Waals surface area (Å²) in [6, 6.07) is 14.1. The molecule has 16 heavy (non-hydrogen) atoms. The van der Waals surface area contributed by atoms with Gasteiger partial charge in [0.25, 0.3) is 0 Å². The van der Waals surface area contributed by atoms with Gasteiger partial charge in [0.05, 0.1) is 0 Å². The van der Waals surface area contributed by atoms with E-state index in [2.05, 4.69) is 12.1 Å². The third-order valence-corrected chi connectivity index (χ3v) is 2.20. The number of ether oxygens (including phenoxy) is 1. The second-order valence-corrected chi connectivity index (χ2v) is 3.47. The van der Waals surface area contributed by atoms with Crippen LogP contribution in [0, 0.1) is 0 Å². The van der Waals surface area contributed by atoms with Gasteiger partial charge in [0.1, 0.15) is 19.4 Å². The summed E-state index contributed by atoms with van der Waals surface area (Å²) in [5.41, 5.74) is 1.19. The minimum Gasteiger partial charge on any atom is -1.00 e. The Morgan fingerprint density at radius 1 is 1.00 bits per heavy atom. The Balaban J connectivity index is 0.00000128. The largest absolute Gasteiger partial charge is 1.00 e. The molecule has 3 heteroatoms. The molecule has 0 atom stereocenters. The van der Waals surface area contributed by atoms with Gasteiger partial charge in [0.15, 0.2) is 12.4 Å². The van der Waals surface area contributed by atoms with E-state index in [-0.39, 0.29) is 24.0 Å². The van der Waals surface area contributed by atoms with Gasteiger partial charge >= 0.3 is 0 Å². The second-order valence-electron chi connectivity index (χ2n) is 3.47. The molecule has 2 rings (SSSR count). The fraction of sp³-hybridized carbons (Fsp3) is 0.154. The zero-order chi connectivity index (χ0) is 10.5. The molecule has 1 aromatic carbocycles. The normalized spacial score (nSPS) is 9.31. The van der Waals surface area contributed by atoms with Gasteiger partial charge in [-0.1, -0.05) is 30.3 Å². The lowest BCUT2D eigenvalue weighted by atomic mass is 10.2. The predicted molar refractivity (Wildman–Crippen MR) is 58.4 cm³/mol. The number of hydrogen-bond acceptors (Lipinski definition) is 1. The fourth-order valence-electron chi connectivity index (χ4n) is 1.32. The lowest BCUT2D eigenvalue weighted by Gasteiger charge is -2.04. The van der Waals surface area contributed by atoms with Crippen molar-refractivity contribution in [3.05, 3.63) is 60.4 Å². The Morgan fingerprint density at radius 2 is 1.62 bits per heavy atom. The number of rotatable bonds is 3. The molecule has 0 aliphatic rings. The summed E-state index contributed by atoms with van der Waals surface area (Å²) in [5.74, 6) is 0.900. The first-order valence-electron chi connectivity index (χ1n) is 4.96. The van der Waals surface area contributed by atoms with E-state index in [1.54, 1.807) is 0 Å². The van der Waals surface area contributed by atoms with E-state index in [4.69, 9.17) is 4.74 Å². The summed E-state index contributed by atoms with van der Waals surface area (Å²) in [4.78, 5) is 0. The van der Waals surface area contributed by atoms with Crippen LogP contribution in [0.3, 0.4) is 0 Å². The number of pyridine rings is 1. The third kappa shape index (κ3) is 3.81. The van der Waals surface area contributed by atoms with Crippen molar-refractivity contribution in [1.29, 1.82) is 0 Å². The van der Waals surface area contributed by atoms with Gasteiger partial charge in [-0.3, -0.25) is 0 Å². The topological polar surface area (TPSA) is 13.1 Å². The average Bonchev–Trinajstić information content (AvgIpc) is 2.30. The second kappa shape index (κ2) is 6.48. The van der Waals surface area contributed by atoms with Crippen molar-refractivity contribution < 1.29 is 33.3 Å². The van der Waals surface area contributed by atoms with Gasteiger partial charge < -0.3 is 28.7 Å². The van der Waals surface area contributed by atoms with E-state index in [1.165, 1.54) is 5.56 Å². The monoisotopic (exact) mass is 327 g/mol. The molecule has 0 aliphatic heterocycles. The van der Waals surface area contributed by atoms with Crippen LogP contribution in [-0.2, 0) is 13.7 Å². The highest BCUT2D eigenvalue weighted by Crippen LogP contribution is 2.09. The van der Waals surface area contributed by atoms with Crippen LogP contribution in [0.2, 0.25) is 0 Å². The van der Waals surface area contributed by atoms with Crippen LogP contribution in [0.4, 0.5) is 0 Å². The van der Waals surface area contributed by atoms with Crippen molar-refractivity contribution in [2.45, 2.75) is 6.61 Å². The minimum absolute atomic E-state index is 0. The van der Waals surface area contributed by atoms with Crippen molar-refractivity contribution in [1.82, 2.24) is 0 Å². The van der Waals surface area contributed by atoms with E-state index < -0.39 is 0 Å². The van der Waals surface area contributed by atoms with Crippen molar-refractivity contribution in [2.75, 3.05) is 0 Å². The fourth-order valence-corrected chi connectivity index (χ4v) is 1.32. The molecule has 2 nitrogen and oxygen atoms in total. The first-order chi connectivity index (χ1) is 7.34. The smallest absolute Gasteiger partial charge is 0.172 e. The maximum Gasteiger partial charge on any atom is 0.172 e. The van der Waals surface area contributed by atoms with Crippen LogP contribution in [0.1, 0.15) is 5.56 Å². The molecule has 0 radical (unpaired) electrons. The highest BCUT2D eigenvalue weighted by molar-refractivity contribution is 5.18. The number of benzene rings is 1. The van der Waals surface area contributed by atoms with E-state index in [0.717, 1.165) is 5.75 Å². The van der Waals surface area contributed by atoms with E-state index >= 15 is 0 Å². The van der Waals surface area contributed by atoms with Crippen LogP contribution in [-0.4, -0.2) is 0 Å². The molecule has 0 saturated carbocycles. The summed E-state index contributed by atoms with van der Waals surface area (Å²) in [7, 11) is 1.99. The molecule has 1 aromatic heterocycles. The highest BCUT2D eigenvalue weighted by atomic mass is 127. The van der Waals surface area contributed by atoms with Crippen LogP contribution < -0.4 is 33.3 Å². The van der Waals surface area contributed by atoms with Crippen molar-refractivity contribution in [2.24, 2.45) is 7.05 Å². The van der Waals surface area contributed by atoms with Crippen molar-refractivity contribution >= 4 is 0 Å². The molecule has 0 bridgehead atoms. The molecule has 0 amide bonds. The minimum atomic E-state index is 0. The Bertz CT molecular complexity index is 414. The Kier molecular flexibility index (Phi) is 5.25. The lowest BCUT2D eigenvalue weighted by Crippen LogP contribution is -3.00. The van der Waals surface area contributed by atoms with E-state index in [0.29, 0.717) is 6.61 Å². The summed E-state index contributed by atoms with van der Waals surface area (Å²) in [5, 5.41) is 0. The summed E-state index contributed by atoms with van der Waals surface area (Å²) < 4.78 is 7.62. The Hall–Kier alpha value is -1.10. The number of aryl methyl sites for hydroxylation is 1. The molecule has 0 aliphatic carbocycles. The predicted octanol–water partition coefficient (Wildman–Crippen LogP) is -0.906. The van der Waals surface area contributed by atoms with Crippen LogP contribution in [0.5, 0.6) is 5.75 Å². The SMILES string of the molecule is C[n+]1ccc(OCc2ccccc2)cc1.[I-]. The van der Waals surface area contributed by atoms with Gasteiger partial charge in [-0.05, 0) is 5.56 Å². The molecule has 0 unspecified atom stereocenters. The molecule has 0 fully saturated rings. The molecule has 2 aromatic rings. The van der Waals surface area contributed by atoms with Crippen LogP contribution in [0.15, 0.2) is 54.9 Å². The molecule has 84 valence electrons. The third-order valence-electron chi connectivity index (χ3n) is 2.20. The zero-order valence-corrected chi connectivity index (χ0v) is 11.3. The number of nitrogens with zero attached hydrogens (tertiary/aromatic N) is 1. The molecule has 1 heterocycles. The lowest BCUT2D eigenvalue weighted by molar-refractivity contribution is -0.671. The molecule has 0 spiro atoms. The number of hydrogen-bond donors (Lipinski definition) is 0. The van der Waals surface area contributed by atoms with E-state index in [1.807, 2.05) is 54.3 Å². The number of halogens is 1. The first-order valence-corrected chi connectivity index (χ1v) is 4.96. The maximum absolute atomic E-state index is 5.63. The summed E-state index contributed by atoms with van der Waals surface area (Å²) in [6.07, 6.45) is 3.95.